The molecule has 0 unspecified atom stereocenters. The lowest BCUT2D eigenvalue weighted by molar-refractivity contribution is 0.0696. The van der Waals surface area contributed by atoms with Crippen LogP contribution in [-0.4, -0.2) is 17.7 Å². The van der Waals surface area contributed by atoms with Crippen molar-refractivity contribution in [2.24, 2.45) is 0 Å². The lowest BCUT2D eigenvalue weighted by Crippen LogP contribution is -2.20. The predicted molar refractivity (Wildman–Crippen MR) is 362 cm³/mol. The van der Waals surface area contributed by atoms with Crippen molar-refractivity contribution in [3.63, 3.8) is 0 Å². The second kappa shape index (κ2) is 32.3. The van der Waals surface area contributed by atoms with Crippen LogP contribution >= 0.6 is 0 Å². The quantitative estimate of drug-likeness (QED) is 0.0613. The summed E-state index contributed by atoms with van der Waals surface area (Å²) in [5, 5.41) is 9.32. The Morgan fingerprint density at radius 3 is 1.22 bits per heavy atom. The molecular formula is C78H108O4. The fourth-order valence-electron chi connectivity index (χ4n) is 8.16. The third-order valence-electron chi connectivity index (χ3n) is 14.4. The minimum Gasteiger partial charge on any atom is -0.493 e. The Labute approximate surface area is 501 Å². The smallest absolute Gasteiger partial charge is 0.335 e. The molecule has 0 aromatic heterocycles. The Hall–Kier alpha value is -6.65. The van der Waals surface area contributed by atoms with Gasteiger partial charge in [-0.3, -0.25) is 0 Å². The average molecular weight is 1110 g/mol. The first-order chi connectivity index (χ1) is 38.0. The van der Waals surface area contributed by atoms with E-state index in [4.69, 9.17) is 9.47 Å². The van der Waals surface area contributed by atoms with Gasteiger partial charge in [0.05, 0.1) is 12.2 Å². The van der Waals surface area contributed by atoms with Gasteiger partial charge in [0, 0.05) is 11.1 Å². The molecule has 0 bridgehead atoms. The van der Waals surface area contributed by atoms with Crippen LogP contribution in [0.1, 0.15) is 239 Å². The van der Waals surface area contributed by atoms with Gasteiger partial charge in [0.1, 0.15) is 18.1 Å². The summed E-state index contributed by atoms with van der Waals surface area (Å²) in [4.78, 5) is 11.4. The number of carboxylic acids is 1. The number of ether oxygens (including phenoxy) is 2. The summed E-state index contributed by atoms with van der Waals surface area (Å²) in [5.74, 6) is 1.09. The second-order valence-corrected chi connectivity index (χ2v) is 27.0. The Kier molecular flexibility index (Phi) is 28.1. The highest BCUT2D eigenvalue weighted by Crippen LogP contribution is 2.42. The fourth-order valence-corrected chi connectivity index (χ4v) is 8.16. The summed E-state index contributed by atoms with van der Waals surface area (Å²) < 4.78 is 12.6. The summed E-state index contributed by atoms with van der Waals surface area (Å²) in [6.45, 7) is 57.2. The Morgan fingerprint density at radius 2 is 0.854 bits per heavy atom. The fraction of sp³-hybridized carbons (Fsp3) is 0.423. The molecular weight excluding hydrogens is 1000 g/mol. The minimum absolute atomic E-state index is 0.00142. The number of hydrogen-bond acceptors (Lipinski definition) is 3. The molecule has 0 saturated heterocycles. The van der Waals surface area contributed by atoms with E-state index in [0.29, 0.717) is 12.2 Å². The maximum Gasteiger partial charge on any atom is 0.335 e. The first-order valence-electron chi connectivity index (χ1n) is 29.6. The monoisotopic (exact) mass is 1110 g/mol. The van der Waals surface area contributed by atoms with Gasteiger partial charge in [0.25, 0.3) is 0 Å². The van der Waals surface area contributed by atoms with E-state index in [2.05, 4.69) is 261 Å². The average Bonchev–Trinajstić information content (AvgIpc) is 3.47. The lowest BCUT2D eigenvalue weighted by Gasteiger charge is -2.31. The van der Waals surface area contributed by atoms with Crippen LogP contribution in [0.2, 0.25) is 0 Å². The topological polar surface area (TPSA) is 55.8 Å². The van der Waals surface area contributed by atoms with E-state index in [1.54, 1.807) is 12.1 Å². The number of benzene rings is 4. The maximum absolute atomic E-state index is 11.4. The van der Waals surface area contributed by atoms with Gasteiger partial charge >= 0.3 is 5.97 Å². The van der Waals surface area contributed by atoms with Crippen LogP contribution in [0.3, 0.4) is 0 Å². The highest BCUT2D eigenvalue weighted by atomic mass is 16.5. The highest BCUT2D eigenvalue weighted by molar-refractivity contribution is 5.89. The standard InChI is InChI=1S/C30H40O.C28H42O.C20H26O2/c1-10-22(2)12-11-13-23(3)25-18-27(30(7,8)9)20-28(19-25)31-21-24-14-16-26(17-15-24)29(4,5)6;1-11-13-14-18-29-26-24(27(5,6)7)19-23(20-25(26)28(8,9)10)22(4)17-15-16-21(3)12-2;1-7-14(2)9-8-10-15(3)16-11-17(19(21)22)13-18(12-16)20(4,5)6/h10-20H,21H2,1-9H3;11-12,15-17,19-20H,1,13-14,18H2,2-10H3;7-13H,1-6H3,(H,21,22)/b12-11+,22-10+,23-13+;16-15+,21-12+,22-17+;9-8+,14-7+,15-10+. The molecule has 0 heterocycles. The van der Waals surface area contributed by atoms with Crippen molar-refractivity contribution in [2.75, 3.05) is 6.61 Å². The summed E-state index contributed by atoms with van der Waals surface area (Å²) in [6.07, 6.45) is 29.2. The molecule has 4 heteroatoms. The van der Waals surface area contributed by atoms with Gasteiger partial charge < -0.3 is 14.6 Å². The van der Waals surface area contributed by atoms with Crippen LogP contribution in [0.4, 0.5) is 0 Å². The van der Waals surface area contributed by atoms with E-state index in [1.165, 1.54) is 66.8 Å². The zero-order valence-electron chi connectivity index (χ0n) is 55.6. The Balaban J connectivity index is 0.000000426. The van der Waals surface area contributed by atoms with E-state index < -0.39 is 5.97 Å². The molecule has 1 N–H and O–H groups in total. The minimum atomic E-state index is -0.888. The van der Waals surface area contributed by atoms with Crippen LogP contribution in [0, 0.1) is 0 Å². The molecule has 0 radical (unpaired) electrons. The van der Waals surface area contributed by atoms with Gasteiger partial charge in [-0.1, -0.05) is 236 Å². The maximum atomic E-state index is 11.4. The highest BCUT2D eigenvalue weighted by Gasteiger charge is 2.28. The normalized spacial score (nSPS) is 13.8. The molecule has 444 valence electrons. The van der Waals surface area contributed by atoms with Gasteiger partial charge in [-0.05, 0) is 194 Å². The van der Waals surface area contributed by atoms with Crippen LogP contribution in [0.15, 0.2) is 175 Å². The lowest BCUT2D eigenvalue weighted by atomic mass is 9.77. The van der Waals surface area contributed by atoms with E-state index in [-0.39, 0.29) is 27.1 Å². The van der Waals surface area contributed by atoms with Gasteiger partial charge in [-0.2, -0.15) is 0 Å². The molecule has 0 aliphatic heterocycles. The zero-order chi connectivity index (χ0) is 62.4. The number of carbonyl (C=O) groups is 1. The van der Waals surface area contributed by atoms with Crippen LogP contribution < -0.4 is 9.47 Å². The number of carboxylic acid groups (broad SMARTS) is 1. The number of rotatable bonds is 18. The van der Waals surface area contributed by atoms with Crippen LogP contribution in [0.25, 0.3) is 16.7 Å². The van der Waals surface area contributed by atoms with E-state index in [1.807, 2.05) is 51.2 Å². The molecule has 0 amide bonds. The van der Waals surface area contributed by atoms with Crippen LogP contribution in [-0.2, 0) is 33.7 Å². The van der Waals surface area contributed by atoms with Crippen molar-refractivity contribution >= 4 is 22.7 Å². The molecule has 0 aliphatic carbocycles. The van der Waals surface area contributed by atoms with E-state index >= 15 is 0 Å². The summed E-state index contributed by atoms with van der Waals surface area (Å²) in [7, 11) is 0. The summed E-state index contributed by atoms with van der Waals surface area (Å²) in [5.41, 5.74) is 18.6. The number of aromatic carboxylic acids is 1. The molecule has 4 aromatic rings. The van der Waals surface area contributed by atoms with E-state index in [9.17, 15) is 9.90 Å². The first-order valence-corrected chi connectivity index (χ1v) is 29.6. The predicted octanol–water partition coefficient (Wildman–Crippen LogP) is 22.9. The van der Waals surface area contributed by atoms with E-state index in [0.717, 1.165) is 47.6 Å². The Morgan fingerprint density at radius 1 is 0.476 bits per heavy atom. The van der Waals surface area contributed by atoms with Gasteiger partial charge in [-0.25, -0.2) is 4.79 Å². The Bertz CT molecular complexity index is 2980. The van der Waals surface area contributed by atoms with Crippen molar-refractivity contribution in [2.45, 2.75) is 213 Å². The molecule has 0 atom stereocenters. The molecule has 4 aromatic carbocycles. The SMILES string of the molecule is C/C=C(C)/C=C/C=C(\C)c1cc(C(=O)O)cc(C(C)(C)C)c1.C/C=C(C)/C=C/C=C(\C)c1cc(OCc2ccc(C(C)(C)C)cc2)cc(C(C)(C)C)c1.C=CCCCOc1c(C(C)(C)C)cc(/C(C)=C/C=C/C(C)=C/C)cc1C(C)(C)C. The molecule has 4 nitrogen and oxygen atoms in total. The number of hydrogen-bond donors (Lipinski definition) is 1. The number of allylic oxidation sites excluding steroid dienone is 19. The van der Waals surface area contributed by atoms with Crippen molar-refractivity contribution in [1.82, 2.24) is 0 Å². The summed E-state index contributed by atoms with van der Waals surface area (Å²) >= 11 is 0. The molecule has 82 heavy (non-hydrogen) atoms. The van der Waals surface area contributed by atoms with Gasteiger partial charge in [0.2, 0.25) is 0 Å². The van der Waals surface area contributed by atoms with Crippen molar-refractivity contribution in [3.05, 3.63) is 231 Å². The van der Waals surface area contributed by atoms with Crippen molar-refractivity contribution in [3.8, 4) is 11.5 Å². The third-order valence-corrected chi connectivity index (χ3v) is 14.4. The third kappa shape index (κ3) is 24.8. The second-order valence-electron chi connectivity index (χ2n) is 27.0. The zero-order valence-corrected chi connectivity index (χ0v) is 55.6. The molecule has 0 spiro atoms. The summed E-state index contributed by atoms with van der Waals surface area (Å²) in [6, 6.07) is 25.6. The van der Waals surface area contributed by atoms with Crippen molar-refractivity contribution < 1.29 is 19.4 Å². The van der Waals surface area contributed by atoms with Crippen molar-refractivity contribution in [1.29, 1.82) is 0 Å². The first kappa shape index (κ1) is 71.5. The molecule has 0 aliphatic rings. The van der Waals surface area contributed by atoms with Crippen LogP contribution in [0.5, 0.6) is 11.5 Å². The largest absolute Gasteiger partial charge is 0.493 e. The molecule has 0 fully saturated rings. The number of unbranched alkanes of at least 4 members (excludes halogenated alkanes) is 1. The molecule has 4 rings (SSSR count). The van der Waals surface area contributed by atoms with Gasteiger partial charge in [0.15, 0.2) is 0 Å². The van der Waals surface area contributed by atoms with Gasteiger partial charge in [-0.15, -0.1) is 6.58 Å². The molecule has 0 saturated carbocycles.